The molecule has 0 saturated carbocycles. The van der Waals surface area contributed by atoms with Crippen LogP contribution >= 0.6 is 0 Å². The third kappa shape index (κ3) is 21.5. The minimum absolute atomic E-state index is 0.0564. The molecule has 0 bridgehead atoms. The van der Waals surface area contributed by atoms with Crippen LogP contribution in [0.4, 0.5) is 4.39 Å². The zero-order chi connectivity index (χ0) is 53.7. The Balaban J connectivity index is 2.13. The van der Waals surface area contributed by atoms with E-state index < -0.39 is 171 Å². The van der Waals surface area contributed by atoms with Gasteiger partial charge in [0.15, 0.2) is 0 Å². The molecule has 2 rings (SSSR count). The monoisotopic (exact) mass is 1010 g/mol. The summed E-state index contributed by atoms with van der Waals surface area (Å²) in [5, 5.41) is 47.8. The zero-order valence-electron chi connectivity index (χ0n) is 40.5. The lowest BCUT2D eigenvalue weighted by Gasteiger charge is -2.29. The SMILES string of the molecule is CC(=O)N[C@@H](CC(C)C)C(=O)N[C@@H](CC(=O)O)C(=O)N1C[C@@H](F)C[C@H]1C(=O)NCC(=O)N[C@H](C(=O)NCC(=O)N[C@@H](CCC(=O)O)C(=O)N[C@@H](Cc1ccccc1)C(=O)N[C@@H](CC(C)C)C(N)=O)[C@@H](C)O. The minimum Gasteiger partial charge on any atom is -0.481 e. The van der Waals surface area contributed by atoms with Crippen LogP contribution in [0, 0.1) is 11.8 Å². The number of alkyl halides is 1. The molecule has 1 heterocycles. The fourth-order valence-electron chi connectivity index (χ4n) is 7.37. The number of amides is 10. The van der Waals surface area contributed by atoms with Gasteiger partial charge in [-0.2, -0.15) is 0 Å². The number of carboxylic acids is 2. The van der Waals surface area contributed by atoms with Crippen LogP contribution in [0.1, 0.15) is 85.6 Å². The molecule has 10 amide bonds. The molecule has 0 aromatic heterocycles. The van der Waals surface area contributed by atoms with Gasteiger partial charge in [-0.1, -0.05) is 58.0 Å². The summed E-state index contributed by atoms with van der Waals surface area (Å²) in [6.45, 7) is 6.89. The highest BCUT2D eigenvalue weighted by Crippen LogP contribution is 2.23. The number of nitrogens with two attached hydrogens (primary N) is 1. The number of carboxylic acid groups (broad SMARTS) is 2. The topological polar surface area (TPSA) is 391 Å². The van der Waals surface area contributed by atoms with E-state index in [1.54, 1.807) is 58.0 Å². The lowest BCUT2D eigenvalue weighted by Crippen LogP contribution is -2.58. The van der Waals surface area contributed by atoms with Gasteiger partial charge in [-0.25, -0.2) is 4.39 Å². The van der Waals surface area contributed by atoms with Crippen molar-refractivity contribution in [3.8, 4) is 0 Å². The molecule has 1 aromatic carbocycles. The van der Waals surface area contributed by atoms with Crippen molar-refractivity contribution in [3.05, 3.63) is 35.9 Å². The fourth-order valence-corrected chi connectivity index (χ4v) is 7.37. The van der Waals surface area contributed by atoms with Crippen LogP contribution in [-0.2, 0) is 64.0 Å². The molecule has 394 valence electrons. The summed E-state index contributed by atoms with van der Waals surface area (Å²) in [5.74, 6) is -12.6. The highest BCUT2D eigenvalue weighted by Gasteiger charge is 2.43. The third-order valence-electron chi connectivity index (χ3n) is 10.7. The summed E-state index contributed by atoms with van der Waals surface area (Å²) < 4.78 is 14.8. The van der Waals surface area contributed by atoms with E-state index in [4.69, 9.17) is 5.73 Å². The predicted octanol–water partition coefficient (Wildman–Crippen LogP) is -3.37. The number of aliphatic hydroxyl groups is 1. The average Bonchev–Trinajstić information content (AvgIpc) is 3.67. The first kappa shape index (κ1) is 59.9. The zero-order valence-corrected chi connectivity index (χ0v) is 40.5. The van der Waals surface area contributed by atoms with Gasteiger partial charge in [0, 0.05) is 26.2 Å². The highest BCUT2D eigenvalue weighted by atomic mass is 19.1. The Hall–Kier alpha value is -7.25. The Bertz CT molecular complexity index is 2090. The Morgan fingerprint density at radius 1 is 0.676 bits per heavy atom. The molecular formula is C45H67FN10O15. The Morgan fingerprint density at radius 2 is 1.21 bits per heavy atom. The molecule has 71 heavy (non-hydrogen) atoms. The molecule has 26 heteroatoms. The molecule has 1 aliphatic heterocycles. The van der Waals surface area contributed by atoms with Crippen molar-refractivity contribution >= 4 is 71.0 Å². The number of hydrogen-bond donors (Lipinski definition) is 12. The summed E-state index contributed by atoms with van der Waals surface area (Å²) in [5.41, 5.74) is 6.10. The number of halogens is 1. The van der Waals surface area contributed by atoms with Gasteiger partial charge in [-0.3, -0.25) is 57.5 Å². The minimum atomic E-state index is -1.79. The van der Waals surface area contributed by atoms with Crippen molar-refractivity contribution in [2.24, 2.45) is 17.6 Å². The maximum atomic E-state index is 14.8. The second kappa shape index (κ2) is 29.1. The largest absolute Gasteiger partial charge is 0.481 e. The van der Waals surface area contributed by atoms with Gasteiger partial charge >= 0.3 is 11.9 Å². The van der Waals surface area contributed by atoms with Crippen LogP contribution in [0.15, 0.2) is 30.3 Å². The van der Waals surface area contributed by atoms with Crippen molar-refractivity contribution in [1.29, 1.82) is 0 Å². The van der Waals surface area contributed by atoms with E-state index in [0.29, 0.717) is 10.5 Å². The summed E-state index contributed by atoms with van der Waals surface area (Å²) in [4.78, 5) is 154. The Kier molecular flexibility index (Phi) is 24.5. The summed E-state index contributed by atoms with van der Waals surface area (Å²) >= 11 is 0. The second-order valence-corrected chi connectivity index (χ2v) is 18.0. The molecule has 1 aromatic rings. The van der Waals surface area contributed by atoms with Crippen LogP contribution in [0.5, 0.6) is 0 Å². The molecule has 0 unspecified atom stereocenters. The number of likely N-dealkylation sites (tertiary alicyclic amines) is 1. The number of benzene rings is 1. The van der Waals surface area contributed by atoms with Crippen LogP contribution in [-0.4, -0.2) is 165 Å². The molecule has 1 saturated heterocycles. The second-order valence-electron chi connectivity index (χ2n) is 18.0. The van der Waals surface area contributed by atoms with Gasteiger partial charge in [0.2, 0.25) is 59.1 Å². The number of carbonyl (C=O) groups is 12. The number of nitrogens with zero attached hydrogens (tertiary/aromatic N) is 1. The molecule has 13 N–H and O–H groups in total. The first-order valence-electron chi connectivity index (χ1n) is 22.9. The number of aliphatic hydroxyl groups excluding tert-OH is 1. The molecule has 1 fully saturated rings. The smallest absolute Gasteiger partial charge is 0.305 e. The van der Waals surface area contributed by atoms with Crippen LogP contribution in [0.3, 0.4) is 0 Å². The molecule has 0 spiro atoms. The first-order chi connectivity index (χ1) is 33.2. The van der Waals surface area contributed by atoms with Gasteiger partial charge in [-0.05, 0) is 43.6 Å². The lowest BCUT2D eigenvalue weighted by molar-refractivity contribution is -0.146. The van der Waals surface area contributed by atoms with Gasteiger partial charge in [-0.15, -0.1) is 0 Å². The van der Waals surface area contributed by atoms with Crippen molar-refractivity contribution in [1.82, 2.24) is 47.4 Å². The van der Waals surface area contributed by atoms with Crippen molar-refractivity contribution in [2.45, 2.75) is 141 Å². The molecule has 0 aliphatic carbocycles. The molecule has 1 aliphatic rings. The predicted molar refractivity (Wildman–Crippen MR) is 247 cm³/mol. The van der Waals surface area contributed by atoms with Crippen LogP contribution in [0.25, 0.3) is 0 Å². The molecule has 9 atom stereocenters. The van der Waals surface area contributed by atoms with Gasteiger partial charge < -0.3 is 68.5 Å². The third-order valence-corrected chi connectivity index (χ3v) is 10.7. The van der Waals surface area contributed by atoms with E-state index in [-0.39, 0.29) is 31.1 Å². The normalized spacial score (nSPS) is 17.2. The Morgan fingerprint density at radius 3 is 1.76 bits per heavy atom. The van der Waals surface area contributed by atoms with Crippen molar-refractivity contribution < 1.29 is 77.2 Å². The van der Waals surface area contributed by atoms with E-state index in [9.17, 15) is 77.2 Å². The van der Waals surface area contributed by atoms with E-state index in [0.717, 1.165) is 13.8 Å². The van der Waals surface area contributed by atoms with E-state index >= 15 is 0 Å². The first-order valence-corrected chi connectivity index (χ1v) is 22.9. The standard InChI is InChI=1S/C45H67FN10O15/c1-22(2)14-29(39(47)65)52-42(68)31(16-26-10-8-7-9-11-26)53-40(66)28(12-13-36(61)62)51-34(59)19-49-44(70)38(24(5)57)55-35(60)20-48-43(69)33-17-27(46)21-56(33)45(71)32(18-37(63)64)54-41(67)30(15-23(3)4)50-25(6)58/h7-11,22-24,27-33,38,57H,12-21H2,1-6H3,(H2,47,65)(H,48,69)(H,49,70)(H,50,58)(H,51,59)(H,52,68)(H,53,66)(H,54,67)(H,55,60)(H,61,62)(H,63,64)/t24-,27+,28+,29+,30+,31+,32+,33+,38+/m1/s1. The lowest BCUT2D eigenvalue weighted by atomic mass is 10.0. The number of aliphatic carboxylic acids is 2. The maximum Gasteiger partial charge on any atom is 0.305 e. The maximum absolute atomic E-state index is 14.8. The van der Waals surface area contributed by atoms with E-state index in [1.807, 2.05) is 0 Å². The summed E-state index contributed by atoms with van der Waals surface area (Å²) in [7, 11) is 0. The number of carbonyl (C=O) groups excluding carboxylic acids is 10. The summed E-state index contributed by atoms with van der Waals surface area (Å²) in [6.07, 6.45) is -5.84. The van der Waals surface area contributed by atoms with Gasteiger partial charge in [0.1, 0.15) is 48.5 Å². The van der Waals surface area contributed by atoms with Crippen LogP contribution in [0.2, 0.25) is 0 Å². The molecule has 25 nitrogen and oxygen atoms in total. The number of rotatable bonds is 29. The average molecular weight is 1010 g/mol. The van der Waals surface area contributed by atoms with E-state index in [1.165, 1.54) is 0 Å². The highest BCUT2D eigenvalue weighted by molar-refractivity contribution is 5.98. The number of primary amides is 1. The fraction of sp³-hybridized carbons (Fsp3) is 0.600. The van der Waals surface area contributed by atoms with E-state index in [2.05, 4.69) is 42.5 Å². The Labute approximate surface area is 409 Å². The number of hydrogen-bond acceptors (Lipinski definition) is 13. The van der Waals surface area contributed by atoms with Crippen LogP contribution < -0.4 is 48.3 Å². The quantitative estimate of drug-likeness (QED) is 0.0373. The molecular weight excluding hydrogens is 940 g/mol. The number of nitrogens with one attached hydrogen (secondary N) is 8. The van der Waals surface area contributed by atoms with Crippen molar-refractivity contribution in [2.75, 3.05) is 19.6 Å². The summed E-state index contributed by atoms with van der Waals surface area (Å²) in [6, 6.07) is -1.90. The van der Waals surface area contributed by atoms with Crippen molar-refractivity contribution in [3.63, 3.8) is 0 Å². The molecule has 0 radical (unpaired) electrons. The van der Waals surface area contributed by atoms with Gasteiger partial charge in [0.05, 0.1) is 32.2 Å². The van der Waals surface area contributed by atoms with Gasteiger partial charge in [0.25, 0.3) is 0 Å².